The van der Waals surface area contributed by atoms with E-state index in [2.05, 4.69) is 21.8 Å². The van der Waals surface area contributed by atoms with Crippen molar-refractivity contribution in [2.45, 2.75) is 12.8 Å². The molecule has 0 aliphatic heterocycles. The molecule has 2 aromatic rings. The molecule has 0 radical (unpaired) electrons. The summed E-state index contributed by atoms with van der Waals surface area (Å²) in [5.41, 5.74) is 13.7. The Labute approximate surface area is 156 Å². The molecule has 2 atom stereocenters. The van der Waals surface area contributed by atoms with Gasteiger partial charge in [-0.25, -0.2) is 4.98 Å². The zero-order chi connectivity index (χ0) is 19.6. The fourth-order valence-electron chi connectivity index (χ4n) is 2.80. The summed E-state index contributed by atoms with van der Waals surface area (Å²) in [7, 11) is 3.08. The molecule has 140 valence electrons. The molecule has 8 nitrogen and oxygen atoms in total. The van der Waals surface area contributed by atoms with Crippen molar-refractivity contribution in [3.8, 4) is 23.3 Å². The number of aromatic nitrogens is 2. The lowest BCUT2D eigenvalue weighted by Gasteiger charge is -2.13. The van der Waals surface area contributed by atoms with Crippen LogP contribution in [0.15, 0.2) is 18.3 Å². The summed E-state index contributed by atoms with van der Waals surface area (Å²) in [6.07, 6.45) is 2.62. The number of hydrogen-bond acceptors (Lipinski definition) is 7. The van der Waals surface area contributed by atoms with E-state index in [9.17, 15) is 4.79 Å². The van der Waals surface area contributed by atoms with E-state index in [-0.39, 0.29) is 17.8 Å². The van der Waals surface area contributed by atoms with Gasteiger partial charge in [0.15, 0.2) is 11.5 Å². The summed E-state index contributed by atoms with van der Waals surface area (Å²) in [6.45, 7) is 0. The minimum atomic E-state index is -0.813. The predicted molar refractivity (Wildman–Crippen MR) is 99.3 cm³/mol. The molecule has 1 aromatic carbocycles. The maximum atomic E-state index is 11.0. The molecule has 5 N–H and O–H groups in total. The first-order chi connectivity index (χ1) is 12.9. The number of nitrogens with zero attached hydrogens (tertiary/aromatic N) is 2. The van der Waals surface area contributed by atoms with Gasteiger partial charge in [0, 0.05) is 24.1 Å². The van der Waals surface area contributed by atoms with Crippen LogP contribution in [0, 0.1) is 23.7 Å². The van der Waals surface area contributed by atoms with Gasteiger partial charge in [-0.1, -0.05) is 11.8 Å². The smallest absolute Gasteiger partial charge is 0.307 e. The maximum Gasteiger partial charge on any atom is 0.307 e. The van der Waals surface area contributed by atoms with Crippen molar-refractivity contribution in [1.29, 1.82) is 0 Å². The highest BCUT2D eigenvalue weighted by atomic mass is 16.5. The summed E-state index contributed by atoms with van der Waals surface area (Å²) in [4.78, 5) is 18.9. The molecule has 1 aliphatic carbocycles. The Morgan fingerprint density at radius 1 is 1.33 bits per heavy atom. The molecule has 1 aliphatic rings. The van der Waals surface area contributed by atoms with Crippen LogP contribution < -0.4 is 20.9 Å². The van der Waals surface area contributed by atoms with Crippen LogP contribution in [0.1, 0.15) is 23.1 Å². The van der Waals surface area contributed by atoms with Crippen molar-refractivity contribution >= 4 is 17.7 Å². The van der Waals surface area contributed by atoms with Gasteiger partial charge in [-0.3, -0.25) is 4.79 Å². The molecule has 1 fully saturated rings. The number of hydrogen-bond donors (Lipinski definition) is 3. The number of carbonyl (C=O) groups is 1. The molecule has 3 rings (SSSR count). The van der Waals surface area contributed by atoms with Crippen LogP contribution in [0.25, 0.3) is 0 Å². The summed E-state index contributed by atoms with van der Waals surface area (Å²) < 4.78 is 10.8. The van der Waals surface area contributed by atoms with E-state index in [4.69, 9.17) is 26.0 Å². The van der Waals surface area contributed by atoms with Crippen molar-refractivity contribution in [1.82, 2.24) is 9.97 Å². The lowest BCUT2D eigenvalue weighted by atomic mass is 10.0. The first-order valence-corrected chi connectivity index (χ1v) is 8.29. The van der Waals surface area contributed by atoms with Crippen molar-refractivity contribution in [3.05, 3.63) is 35.0 Å². The molecule has 8 heteroatoms. The number of benzene rings is 1. The van der Waals surface area contributed by atoms with Gasteiger partial charge < -0.3 is 26.0 Å². The van der Waals surface area contributed by atoms with Gasteiger partial charge in [0.25, 0.3) is 0 Å². The number of carboxylic acid groups (broad SMARTS) is 1. The van der Waals surface area contributed by atoms with E-state index < -0.39 is 5.97 Å². The van der Waals surface area contributed by atoms with E-state index in [1.807, 2.05) is 12.1 Å². The third kappa shape index (κ3) is 4.03. The average Bonchev–Trinajstić information content (AvgIpc) is 3.42. The Bertz CT molecular complexity index is 949. The Hall–Kier alpha value is -3.47. The van der Waals surface area contributed by atoms with E-state index >= 15 is 0 Å². The Kier molecular flexibility index (Phi) is 5.03. The van der Waals surface area contributed by atoms with E-state index in [0.29, 0.717) is 35.7 Å². The largest absolute Gasteiger partial charge is 0.493 e. The molecule has 0 spiro atoms. The topological polar surface area (TPSA) is 134 Å². The number of ether oxygens (including phenoxy) is 2. The van der Waals surface area contributed by atoms with Gasteiger partial charge in [0.05, 0.1) is 25.7 Å². The zero-order valence-corrected chi connectivity index (χ0v) is 15.0. The molecule has 27 heavy (non-hydrogen) atoms. The zero-order valence-electron chi connectivity index (χ0n) is 15.0. The van der Waals surface area contributed by atoms with E-state index in [1.165, 1.54) is 7.11 Å². The van der Waals surface area contributed by atoms with Crippen molar-refractivity contribution < 1.29 is 19.4 Å². The van der Waals surface area contributed by atoms with Gasteiger partial charge in [-0.15, -0.1) is 0 Å². The predicted octanol–water partition coefficient (Wildman–Crippen LogP) is 1.32. The number of rotatable bonds is 5. The minimum Gasteiger partial charge on any atom is -0.493 e. The highest BCUT2D eigenvalue weighted by molar-refractivity contribution is 5.74. The minimum absolute atomic E-state index is 0.118. The molecule has 0 amide bonds. The second-order valence-electron chi connectivity index (χ2n) is 6.25. The van der Waals surface area contributed by atoms with Crippen LogP contribution in [0.2, 0.25) is 0 Å². The fraction of sp³-hybridized carbons (Fsp3) is 0.316. The molecule has 1 aromatic heterocycles. The summed E-state index contributed by atoms with van der Waals surface area (Å²) >= 11 is 0. The number of methoxy groups -OCH3 is 2. The number of nitrogens with two attached hydrogens (primary N) is 2. The lowest BCUT2D eigenvalue weighted by Crippen LogP contribution is -2.04. The van der Waals surface area contributed by atoms with Crippen LogP contribution >= 0.6 is 0 Å². The summed E-state index contributed by atoms with van der Waals surface area (Å²) in [6, 6.07) is 3.69. The summed E-state index contributed by atoms with van der Waals surface area (Å²) in [5.74, 6) is 6.17. The van der Waals surface area contributed by atoms with Gasteiger partial charge in [0.2, 0.25) is 5.95 Å². The molecule has 1 saturated carbocycles. The first kappa shape index (κ1) is 18.3. The van der Waals surface area contributed by atoms with Crippen LogP contribution in [-0.4, -0.2) is 35.3 Å². The molecule has 2 unspecified atom stereocenters. The first-order valence-electron chi connectivity index (χ1n) is 8.29. The van der Waals surface area contributed by atoms with Crippen LogP contribution in [0.5, 0.6) is 11.5 Å². The van der Waals surface area contributed by atoms with Crippen LogP contribution in [0.3, 0.4) is 0 Å². The van der Waals surface area contributed by atoms with Gasteiger partial charge in [-0.05, 0) is 24.1 Å². The van der Waals surface area contributed by atoms with Gasteiger partial charge >= 0.3 is 5.97 Å². The van der Waals surface area contributed by atoms with E-state index in [1.54, 1.807) is 13.3 Å². The normalized spacial score (nSPS) is 17.6. The van der Waals surface area contributed by atoms with Gasteiger partial charge in [0.1, 0.15) is 5.82 Å². The molecular formula is C19H20N4O4. The SMILES string of the molecule is COc1cc(Cc2cnc(N)nc2N)cc(C#CC2CC2C(=O)O)c1OC. The van der Waals surface area contributed by atoms with Crippen molar-refractivity contribution in [3.63, 3.8) is 0 Å². The van der Waals surface area contributed by atoms with Crippen molar-refractivity contribution in [2.24, 2.45) is 11.8 Å². The monoisotopic (exact) mass is 368 g/mol. The van der Waals surface area contributed by atoms with Crippen molar-refractivity contribution in [2.75, 3.05) is 25.7 Å². The second kappa shape index (κ2) is 7.41. The van der Waals surface area contributed by atoms with E-state index in [0.717, 1.165) is 11.1 Å². The quantitative estimate of drug-likeness (QED) is 0.673. The number of nitrogen functional groups attached to an aromatic ring is 2. The third-order valence-corrected chi connectivity index (χ3v) is 4.35. The fourth-order valence-corrected chi connectivity index (χ4v) is 2.80. The second-order valence-corrected chi connectivity index (χ2v) is 6.25. The summed E-state index contributed by atoms with van der Waals surface area (Å²) in [5, 5.41) is 9.01. The van der Waals surface area contributed by atoms with Crippen LogP contribution in [0.4, 0.5) is 11.8 Å². The lowest BCUT2D eigenvalue weighted by molar-refractivity contribution is -0.138. The van der Waals surface area contributed by atoms with Crippen LogP contribution in [-0.2, 0) is 11.2 Å². The average molecular weight is 368 g/mol. The Morgan fingerprint density at radius 2 is 2.11 bits per heavy atom. The Morgan fingerprint density at radius 3 is 2.70 bits per heavy atom. The third-order valence-electron chi connectivity index (χ3n) is 4.35. The molecule has 1 heterocycles. The molecular weight excluding hydrogens is 348 g/mol. The highest BCUT2D eigenvalue weighted by Gasteiger charge is 2.42. The number of aliphatic carboxylic acids is 1. The maximum absolute atomic E-state index is 11.0. The number of anilines is 2. The molecule has 0 bridgehead atoms. The standard InChI is InChI=1S/C19H20N4O4/c1-26-15-7-10(6-13-9-22-19(21)23-17(13)20)5-12(16(15)27-2)4-3-11-8-14(11)18(24)25/h5,7,9,11,14H,6,8H2,1-2H3,(H,24,25)(H4,20,21,22,23). The molecule has 0 saturated heterocycles. The highest BCUT2D eigenvalue weighted by Crippen LogP contribution is 2.38. The van der Waals surface area contributed by atoms with Gasteiger partial charge in [-0.2, -0.15) is 4.98 Å². The number of carboxylic acids is 1. The Balaban J connectivity index is 1.94.